The summed E-state index contributed by atoms with van der Waals surface area (Å²) in [4.78, 5) is 0. The third kappa shape index (κ3) is 4.97. The second-order valence-corrected chi connectivity index (χ2v) is 5.46. The highest BCUT2D eigenvalue weighted by molar-refractivity contribution is 5.18. The molecule has 0 amide bonds. The van der Waals surface area contributed by atoms with Crippen molar-refractivity contribution in [2.75, 3.05) is 6.54 Å². The van der Waals surface area contributed by atoms with Gasteiger partial charge in [0.05, 0.1) is 6.10 Å². The van der Waals surface area contributed by atoms with Crippen LogP contribution in [0.25, 0.3) is 0 Å². The Hall–Kier alpha value is -1.68. The zero-order valence-electron chi connectivity index (χ0n) is 12.4. The zero-order valence-corrected chi connectivity index (χ0v) is 12.4. The van der Waals surface area contributed by atoms with Gasteiger partial charge >= 0.3 is 0 Å². The number of hydrogen-bond donors (Lipinski definition) is 3. The quantitative estimate of drug-likeness (QED) is 0.731. The molecule has 2 aromatic rings. The van der Waals surface area contributed by atoms with Gasteiger partial charge in [0, 0.05) is 18.6 Å². The van der Waals surface area contributed by atoms with Crippen molar-refractivity contribution in [3.8, 4) is 0 Å². The van der Waals surface area contributed by atoms with E-state index in [1.54, 1.807) is 0 Å². The van der Waals surface area contributed by atoms with E-state index in [0.717, 1.165) is 5.56 Å². The van der Waals surface area contributed by atoms with Crippen molar-refractivity contribution in [3.63, 3.8) is 0 Å². The zero-order chi connectivity index (χ0) is 15.1. The Bertz CT molecular complexity index is 515. The molecule has 0 aromatic heterocycles. The van der Waals surface area contributed by atoms with E-state index < -0.39 is 6.10 Å². The summed E-state index contributed by atoms with van der Waals surface area (Å²) in [6.45, 7) is 2.58. The summed E-state index contributed by atoms with van der Waals surface area (Å²) in [5.74, 6) is 0. The van der Waals surface area contributed by atoms with Crippen LogP contribution >= 0.6 is 0 Å². The van der Waals surface area contributed by atoms with E-state index >= 15 is 0 Å². The standard InChI is InChI=1S/C18H24N2O/c1-14(16-10-6-3-7-11-16)20-13-18(21)17(19)12-15-8-4-2-5-9-15/h2-11,14,17-18,20-21H,12-13,19H2,1H3/t14-,17-,18+/m0/s1. The molecule has 0 aliphatic carbocycles. The topological polar surface area (TPSA) is 58.3 Å². The highest BCUT2D eigenvalue weighted by atomic mass is 16.3. The van der Waals surface area contributed by atoms with Crippen molar-refractivity contribution in [1.82, 2.24) is 5.32 Å². The number of nitrogens with one attached hydrogen (secondary N) is 1. The van der Waals surface area contributed by atoms with Gasteiger partial charge in [0.15, 0.2) is 0 Å². The maximum Gasteiger partial charge on any atom is 0.0818 e. The Kier molecular flexibility index (Phi) is 5.93. The van der Waals surface area contributed by atoms with Gasteiger partial charge in [0.25, 0.3) is 0 Å². The second-order valence-electron chi connectivity index (χ2n) is 5.46. The average molecular weight is 284 g/mol. The molecule has 0 unspecified atom stereocenters. The van der Waals surface area contributed by atoms with Gasteiger partial charge in [-0.1, -0.05) is 60.7 Å². The first-order valence-corrected chi connectivity index (χ1v) is 7.42. The number of rotatable bonds is 7. The van der Waals surface area contributed by atoms with Gasteiger partial charge in [0.2, 0.25) is 0 Å². The molecule has 2 aromatic carbocycles. The molecule has 21 heavy (non-hydrogen) atoms. The lowest BCUT2D eigenvalue weighted by atomic mass is 10.0. The predicted octanol–water partition coefficient (Wildman–Crippen LogP) is 2.27. The van der Waals surface area contributed by atoms with Crippen LogP contribution in [0.3, 0.4) is 0 Å². The van der Waals surface area contributed by atoms with Crippen LogP contribution in [0.15, 0.2) is 60.7 Å². The first-order chi connectivity index (χ1) is 10.2. The summed E-state index contributed by atoms with van der Waals surface area (Å²) >= 11 is 0. The summed E-state index contributed by atoms with van der Waals surface area (Å²) in [6, 6.07) is 20.2. The lowest BCUT2D eigenvalue weighted by molar-refractivity contribution is 0.138. The fourth-order valence-electron chi connectivity index (χ4n) is 2.33. The smallest absolute Gasteiger partial charge is 0.0818 e. The van der Waals surface area contributed by atoms with E-state index in [2.05, 4.69) is 24.4 Å². The molecule has 0 spiro atoms. The maximum atomic E-state index is 10.2. The van der Waals surface area contributed by atoms with Crippen molar-refractivity contribution in [3.05, 3.63) is 71.8 Å². The molecule has 3 heteroatoms. The average Bonchev–Trinajstić information content (AvgIpc) is 2.54. The maximum absolute atomic E-state index is 10.2. The summed E-state index contributed by atoms with van der Waals surface area (Å²) in [7, 11) is 0. The minimum Gasteiger partial charge on any atom is -0.390 e. The van der Waals surface area contributed by atoms with Crippen molar-refractivity contribution in [1.29, 1.82) is 0 Å². The largest absolute Gasteiger partial charge is 0.390 e. The molecule has 3 atom stereocenters. The summed E-state index contributed by atoms with van der Waals surface area (Å²) < 4.78 is 0. The van der Waals surface area contributed by atoms with Gasteiger partial charge < -0.3 is 16.2 Å². The van der Waals surface area contributed by atoms with E-state index in [1.165, 1.54) is 5.56 Å². The molecule has 4 N–H and O–H groups in total. The van der Waals surface area contributed by atoms with Gasteiger partial charge in [-0.05, 0) is 24.5 Å². The molecular formula is C18H24N2O. The van der Waals surface area contributed by atoms with Crippen LogP contribution in [-0.2, 0) is 6.42 Å². The Morgan fingerprint density at radius 2 is 1.57 bits per heavy atom. The van der Waals surface area contributed by atoms with E-state index in [0.29, 0.717) is 13.0 Å². The van der Waals surface area contributed by atoms with E-state index in [4.69, 9.17) is 5.73 Å². The first-order valence-electron chi connectivity index (χ1n) is 7.42. The summed E-state index contributed by atoms with van der Waals surface area (Å²) in [6.07, 6.45) is 0.125. The van der Waals surface area contributed by atoms with E-state index in [9.17, 15) is 5.11 Å². The summed E-state index contributed by atoms with van der Waals surface area (Å²) in [5, 5.41) is 13.5. The Labute approximate surface area is 126 Å². The van der Waals surface area contributed by atoms with Crippen molar-refractivity contribution in [2.24, 2.45) is 5.73 Å². The van der Waals surface area contributed by atoms with Crippen LogP contribution < -0.4 is 11.1 Å². The van der Waals surface area contributed by atoms with Crippen LogP contribution in [0.1, 0.15) is 24.1 Å². The third-order valence-corrected chi connectivity index (χ3v) is 3.74. The Morgan fingerprint density at radius 1 is 1.00 bits per heavy atom. The Morgan fingerprint density at radius 3 is 2.19 bits per heavy atom. The fourth-order valence-corrected chi connectivity index (χ4v) is 2.33. The van der Waals surface area contributed by atoms with Crippen LogP contribution in [0.4, 0.5) is 0 Å². The van der Waals surface area contributed by atoms with Crippen LogP contribution in [-0.4, -0.2) is 23.8 Å². The highest BCUT2D eigenvalue weighted by Gasteiger charge is 2.16. The van der Waals surface area contributed by atoms with Crippen molar-refractivity contribution in [2.45, 2.75) is 31.5 Å². The number of aliphatic hydroxyl groups is 1. The molecule has 0 aliphatic heterocycles. The molecule has 0 saturated heterocycles. The van der Waals surface area contributed by atoms with Crippen LogP contribution in [0, 0.1) is 0 Å². The molecule has 0 heterocycles. The lowest BCUT2D eigenvalue weighted by Crippen LogP contribution is -2.43. The molecule has 0 saturated carbocycles. The lowest BCUT2D eigenvalue weighted by Gasteiger charge is -2.22. The molecule has 0 radical (unpaired) electrons. The van der Waals surface area contributed by atoms with E-state index in [-0.39, 0.29) is 12.1 Å². The highest BCUT2D eigenvalue weighted by Crippen LogP contribution is 2.11. The van der Waals surface area contributed by atoms with Gasteiger partial charge in [-0.3, -0.25) is 0 Å². The third-order valence-electron chi connectivity index (χ3n) is 3.74. The number of nitrogens with two attached hydrogens (primary N) is 1. The van der Waals surface area contributed by atoms with Crippen LogP contribution in [0.5, 0.6) is 0 Å². The van der Waals surface area contributed by atoms with Gasteiger partial charge in [-0.2, -0.15) is 0 Å². The van der Waals surface area contributed by atoms with Gasteiger partial charge in [-0.25, -0.2) is 0 Å². The minimum atomic E-state index is -0.559. The van der Waals surface area contributed by atoms with Gasteiger partial charge in [-0.15, -0.1) is 0 Å². The molecule has 3 nitrogen and oxygen atoms in total. The summed E-state index contributed by atoms with van der Waals surface area (Å²) in [5.41, 5.74) is 8.45. The molecule has 0 bridgehead atoms. The van der Waals surface area contributed by atoms with Crippen molar-refractivity contribution < 1.29 is 5.11 Å². The second kappa shape index (κ2) is 7.93. The van der Waals surface area contributed by atoms with Gasteiger partial charge in [0.1, 0.15) is 0 Å². The normalized spacial score (nSPS) is 15.4. The number of benzene rings is 2. The SMILES string of the molecule is C[C@H](NC[C@@H](O)[C@@H](N)Cc1ccccc1)c1ccccc1. The molecule has 112 valence electrons. The first kappa shape index (κ1) is 15.7. The predicted molar refractivity (Wildman–Crippen MR) is 87.0 cm³/mol. The molecule has 0 aliphatic rings. The monoisotopic (exact) mass is 284 g/mol. The van der Waals surface area contributed by atoms with E-state index in [1.807, 2.05) is 48.5 Å². The number of hydrogen-bond acceptors (Lipinski definition) is 3. The fraction of sp³-hybridized carbons (Fsp3) is 0.333. The molecule has 0 fully saturated rings. The number of aliphatic hydroxyl groups excluding tert-OH is 1. The van der Waals surface area contributed by atoms with Crippen molar-refractivity contribution >= 4 is 0 Å². The minimum absolute atomic E-state index is 0.199. The molecular weight excluding hydrogens is 260 g/mol. The molecule has 2 rings (SSSR count). The Balaban J connectivity index is 1.80. The van der Waals surface area contributed by atoms with Crippen LogP contribution in [0.2, 0.25) is 0 Å².